The lowest BCUT2D eigenvalue weighted by atomic mass is 10.2. The van der Waals surface area contributed by atoms with Gasteiger partial charge < -0.3 is 14.6 Å². The van der Waals surface area contributed by atoms with Crippen molar-refractivity contribution in [2.24, 2.45) is 0 Å². The molecule has 2 heterocycles. The van der Waals surface area contributed by atoms with E-state index in [0.717, 1.165) is 0 Å². The summed E-state index contributed by atoms with van der Waals surface area (Å²) < 4.78 is 32.0. The first kappa shape index (κ1) is 8.43. The lowest BCUT2D eigenvalue weighted by Gasteiger charge is -2.29. The summed E-state index contributed by atoms with van der Waals surface area (Å²) in [6.07, 6.45) is -2.18. The normalized spacial score (nSPS) is 49.8. The molecule has 2 fully saturated rings. The van der Waals surface area contributed by atoms with Crippen LogP contribution in [0.3, 0.4) is 0 Å². The van der Waals surface area contributed by atoms with Crippen LogP contribution in [0.15, 0.2) is 0 Å². The molecule has 0 aliphatic carbocycles. The van der Waals surface area contributed by atoms with Gasteiger partial charge >= 0.3 is 0 Å². The van der Waals surface area contributed by atoms with E-state index in [1.165, 1.54) is 7.11 Å². The fourth-order valence-corrected chi connectivity index (χ4v) is 3.48. The van der Waals surface area contributed by atoms with Crippen LogP contribution in [-0.2, 0) is 19.3 Å². The second-order valence-corrected chi connectivity index (χ2v) is 5.27. The van der Waals surface area contributed by atoms with E-state index < -0.39 is 27.5 Å². The predicted octanol–water partition coefficient (Wildman–Crippen LogP) is -1.48. The van der Waals surface area contributed by atoms with E-state index in [4.69, 9.17) is 9.47 Å². The lowest BCUT2D eigenvalue weighted by molar-refractivity contribution is -0.144. The molecule has 1 N–H and O–H groups in total. The van der Waals surface area contributed by atoms with Crippen LogP contribution in [0.5, 0.6) is 0 Å². The maximum atomic E-state index is 11.1. The zero-order valence-corrected chi connectivity index (χ0v) is 7.32. The van der Waals surface area contributed by atoms with Gasteiger partial charge in [-0.15, -0.1) is 0 Å². The van der Waals surface area contributed by atoms with Crippen LogP contribution in [0.2, 0.25) is 0 Å². The van der Waals surface area contributed by atoms with E-state index in [1.54, 1.807) is 0 Å². The third kappa shape index (κ3) is 0.922. The highest BCUT2D eigenvalue weighted by molar-refractivity contribution is 7.93. The van der Waals surface area contributed by atoms with Crippen molar-refractivity contribution in [1.82, 2.24) is 0 Å². The molecule has 0 aromatic carbocycles. The topological polar surface area (TPSA) is 72.8 Å². The highest BCUT2D eigenvalue weighted by Crippen LogP contribution is 2.36. The minimum atomic E-state index is -3.11. The molecule has 6 heteroatoms. The van der Waals surface area contributed by atoms with Crippen molar-refractivity contribution in [1.29, 1.82) is 0 Å². The van der Waals surface area contributed by atoms with Gasteiger partial charge in [0, 0.05) is 7.11 Å². The van der Waals surface area contributed by atoms with Crippen molar-refractivity contribution in [3.63, 3.8) is 0 Å². The second kappa shape index (κ2) is 2.41. The SMILES string of the molecule is COC1OC2CS(=O)(=O)C2C1O. The van der Waals surface area contributed by atoms with Crippen molar-refractivity contribution < 1.29 is 23.0 Å². The molecule has 12 heavy (non-hydrogen) atoms. The largest absolute Gasteiger partial charge is 0.386 e. The van der Waals surface area contributed by atoms with Crippen molar-refractivity contribution in [3.05, 3.63) is 0 Å². The molecular weight excluding hydrogens is 184 g/mol. The summed E-state index contributed by atoms with van der Waals surface area (Å²) in [5.74, 6) is 0.00852. The number of hydrogen-bond acceptors (Lipinski definition) is 5. The summed E-state index contributed by atoms with van der Waals surface area (Å²) in [7, 11) is -1.73. The Morgan fingerprint density at radius 1 is 1.58 bits per heavy atom. The maximum Gasteiger partial charge on any atom is 0.184 e. The van der Waals surface area contributed by atoms with Crippen LogP contribution in [0.4, 0.5) is 0 Å². The van der Waals surface area contributed by atoms with Gasteiger partial charge in [0.1, 0.15) is 11.4 Å². The average molecular weight is 194 g/mol. The molecular formula is C6H10O5S. The first-order valence-corrected chi connectivity index (χ1v) is 5.35. The Bertz CT molecular complexity index is 284. The monoisotopic (exact) mass is 194 g/mol. The molecule has 0 saturated carbocycles. The van der Waals surface area contributed by atoms with Crippen molar-refractivity contribution in [2.45, 2.75) is 23.7 Å². The fraction of sp³-hybridized carbons (Fsp3) is 1.00. The molecule has 0 amide bonds. The molecule has 2 rings (SSSR count). The smallest absolute Gasteiger partial charge is 0.184 e. The van der Waals surface area contributed by atoms with Gasteiger partial charge in [-0.2, -0.15) is 0 Å². The molecule has 2 aliphatic heterocycles. The molecule has 4 unspecified atom stereocenters. The van der Waals surface area contributed by atoms with E-state index in [-0.39, 0.29) is 11.9 Å². The quantitative estimate of drug-likeness (QED) is 0.551. The van der Waals surface area contributed by atoms with Gasteiger partial charge in [0.15, 0.2) is 16.1 Å². The van der Waals surface area contributed by atoms with E-state index >= 15 is 0 Å². The summed E-state index contributed by atoms with van der Waals surface area (Å²) in [5.41, 5.74) is 0. The summed E-state index contributed by atoms with van der Waals surface area (Å²) in [6, 6.07) is 0. The Balaban J connectivity index is 2.20. The number of rotatable bonds is 1. The van der Waals surface area contributed by atoms with Crippen LogP contribution < -0.4 is 0 Å². The molecule has 4 atom stereocenters. The Morgan fingerprint density at radius 2 is 2.25 bits per heavy atom. The van der Waals surface area contributed by atoms with Crippen LogP contribution in [-0.4, -0.2) is 50.1 Å². The Morgan fingerprint density at radius 3 is 2.67 bits per heavy atom. The standard InChI is InChI=1S/C6H10O5S/c1-10-6-4(7)5-3(11-6)2-12(5,8)9/h3-7H,2H2,1H3. The molecule has 2 saturated heterocycles. The van der Waals surface area contributed by atoms with Crippen molar-refractivity contribution in [3.8, 4) is 0 Å². The number of sulfone groups is 1. The van der Waals surface area contributed by atoms with Gasteiger partial charge in [-0.1, -0.05) is 0 Å². The third-order valence-corrected chi connectivity index (χ3v) is 4.54. The van der Waals surface area contributed by atoms with E-state index in [2.05, 4.69) is 0 Å². The number of ether oxygens (including phenoxy) is 2. The van der Waals surface area contributed by atoms with Gasteiger partial charge in [-0.3, -0.25) is 0 Å². The molecule has 0 aromatic heterocycles. The van der Waals surface area contributed by atoms with Gasteiger partial charge in [-0.05, 0) is 0 Å². The molecule has 0 aromatic rings. The van der Waals surface area contributed by atoms with E-state index in [0.29, 0.717) is 0 Å². The summed E-state index contributed by atoms with van der Waals surface area (Å²) in [5, 5.41) is 8.62. The zero-order chi connectivity index (χ0) is 8.93. The molecule has 0 spiro atoms. The molecule has 0 radical (unpaired) electrons. The summed E-state index contributed by atoms with van der Waals surface area (Å²) in [4.78, 5) is 0. The Kier molecular flexibility index (Phi) is 1.69. The third-order valence-electron chi connectivity index (χ3n) is 2.33. The van der Waals surface area contributed by atoms with Gasteiger partial charge in [0.25, 0.3) is 0 Å². The first-order chi connectivity index (χ1) is 5.56. The van der Waals surface area contributed by atoms with Crippen LogP contribution in [0, 0.1) is 0 Å². The predicted molar refractivity (Wildman–Crippen MR) is 39.3 cm³/mol. The second-order valence-electron chi connectivity index (χ2n) is 3.06. The fourth-order valence-electron chi connectivity index (χ4n) is 1.70. The number of methoxy groups -OCH3 is 1. The number of aliphatic hydroxyl groups excluding tert-OH is 1. The molecule has 70 valence electrons. The van der Waals surface area contributed by atoms with Gasteiger partial charge in [0.05, 0.1) is 11.9 Å². The Labute approximate surface area is 70.2 Å². The van der Waals surface area contributed by atoms with E-state index in [9.17, 15) is 13.5 Å². The Hall–Kier alpha value is -0.170. The van der Waals surface area contributed by atoms with E-state index in [1.807, 2.05) is 0 Å². The van der Waals surface area contributed by atoms with Crippen LogP contribution >= 0.6 is 0 Å². The average Bonchev–Trinajstić information content (AvgIpc) is 2.21. The maximum absolute atomic E-state index is 11.1. The minimum absolute atomic E-state index is 0.00852. The van der Waals surface area contributed by atoms with Crippen molar-refractivity contribution >= 4 is 9.84 Å². The first-order valence-electron chi connectivity index (χ1n) is 3.64. The van der Waals surface area contributed by atoms with Crippen LogP contribution in [0.25, 0.3) is 0 Å². The molecule has 5 nitrogen and oxygen atoms in total. The van der Waals surface area contributed by atoms with Crippen molar-refractivity contribution in [2.75, 3.05) is 12.9 Å². The summed E-state index contributed by atoms with van der Waals surface area (Å²) >= 11 is 0. The number of aliphatic hydroxyl groups is 1. The zero-order valence-electron chi connectivity index (χ0n) is 6.50. The number of hydrogen-bond donors (Lipinski definition) is 1. The van der Waals surface area contributed by atoms with Gasteiger partial charge in [0.2, 0.25) is 0 Å². The van der Waals surface area contributed by atoms with Crippen LogP contribution in [0.1, 0.15) is 0 Å². The minimum Gasteiger partial charge on any atom is -0.386 e. The summed E-state index contributed by atoms with van der Waals surface area (Å²) in [6.45, 7) is 0. The number of fused-ring (bicyclic) bond motifs is 1. The molecule has 0 bridgehead atoms. The molecule has 2 aliphatic rings. The van der Waals surface area contributed by atoms with Gasteiger partial charge in [-0.25, -0.2) is 8.42 Å². The highest BCUT2D eigenvalue weighted by atomic mass is 32.2. The lowest BCUT2D eigenvalue weighted by Crippen LogP contribution is -2.53. The highest BCUT2D eigenvalue weighted by Gasteiger charge is 2.59.